The molecular weight excluding hydrogens is 434 g/mol. The fraction of sp³-hybridized carbons (Fsp3) is 0.462. The summed E-state index contributed by atoms with van der Waals surface area (Å²) in [5, 5.41) is 0.681. The first-order valence-corrected chi connectivity index (χ1v) is 12.6. The summed E-state index contributed by atoms with van der Waals surface area (Å²) in [6.45, 7) is 10.3. The van der Waals surface area contributed by atoms with Crippen LogP contribution in [0, 0.1) is 0 Å². The number of unbranched alkanes of at least 4 members (excludes halogenated alkanes) is 2. The van der Waals surface area contributed by atoms with Crippen molar-refractivity contribution < 1.29 is 14.3 Å². The number of fused-ring (bicyclic) bond motifs is 1. The molecule has 3 aromatic rings. The molecule has 0 spiro atoms. The van der Waals surface area contributed by atoms with Crippen molar-refractivity contribution in [2.45, 2.75) is 40.0 Å². The van der Waals surface area contributed by atoms with E-state index in [1.807, 2.05) is 42.5 Å². The molecule has 0 saturated heterocycles. The lowest BCUT2D eigenvalue weighted by molar-refractivity contribution is 0.0983. The van der Waals surface area contributed by atoms with Crippen LogP contribution in [0.1, 0.15) is 50.4 Å². The Hall–Kier alpha value is -2.64. The number of thiazole rings is 1. The van der Waals surface area contributed by atoms with Gasteiger partial charge < -0.3 is 14.4 Å². The number of aromatic nitrogens is 1. The van der Waals surface area contributed by atoms with Gasteiger partial charge >= 0.3 is 0 Å². The number of hydrogen-bond donors (Lipinski definition) is 0. The summed E-state index contributed by atoms with van der Waals surface area (Å²) in [5.41, 5.74) is 1.39. The zero-order valence-corrected chi connectivity index (χ0v) is 21.0. The zero-order chi connectivity index (χ0) is 23.6. The van der Waals surface area contributed by atoms with E-state index in [9.17, 15) is 4.79 Å². The van der Waals surface area contributed by atoms with Crippen LogP contribution < -0.4 is 14.4 Å². The summed E-state index contributed by atoms with van der Waals surface area (Å²) in [5.74, 6) is 1.37. The number of rotatable bonds is 13. The number of para-hydroxylation sites is 1. The fourth-order valence-electron chi connectivity index (χ4n) is 3.67. The van der Waals surface area contributed by atoms with Gasteiger partial charge in [-0.25, -0.2) is 4.98 Å². The monoisotopic (exact) mass is 469 g/mol. The molecule has 3 rings (SSSR count). The molecule has 6 nitrogen and oxygen atoms in total. The molecule has 1 amide bonds. The van der Waals surface area contributed by atoms with E-state index < -0.39 is 0 Å². The lowest BCUT2D eigenvalue weighted by atomic mass is 10.2. The average molecular weight is 470 g/mol. The number of carbonyl (C=O) groups is 1. The maximum atomic E-state index is 13.7. The molecule has 178 valence electrons. The Kier molecular flexibility index (Phi) is 9.51. The van der Waals surface area contributed by atoms with E-state index in [1.165, 1.54) is 11.3 Å². The van der Waals surface area contributed by atoms with Gasteiger partial charge in [0, 0.05) is 18.7 Å². The minimum Gasteiger partial charge on any atom is -0.494 e. The second-order valence-corrected chi connectivity index (χ2v) is 8.88. The molecule has 33 heavy (non-hydrogen) atoms. The highest BCUT2D eigenvalue weighted by molar-refractivity contribution is 7.22. The number of carbonyl (C=O) groups excluding carboxylic acids is 1. The van der Waals surface area contributed by atoms with Crippen molar-refractivity contribution in [1.29, 1.82) is 0 Å². The first-order chi connectivity index (χ1) is 16.1. The predicted octanol–water partition coefficient (Wildman–Crippen LogP) is 5.86. The van der Waals surface area contributed by atoms with Crippen LogP contribution in [0.3, 0.4) is 0 Å². The molecule has 1 heterocycles. The van der Waals surface area contributed by atoms with E-state index in [2.05, 4.69) is 25.7 Å². The van der Waals surface area contributed by atoms with Gasteiger partial charge in [-0.15, -0.1) is 0 Å². The molecule has 2 aromatic carbocycles. The first-order valence-electron chi connectivity index (χ1n) is 11.8. The summed E-state index contributed by atoms with van der Waals surface area (Å²) in [6, 6.07) is 13.3. The molecule has 0 aliphatic rings. The SMILES string of the molecule is CCCCCOc1cccc(C(=O)N(CCN(CC)CC)c2nc3c(OC)cccc3s2)c1. The minimum absolute atomic E-state index is 0.0702. The van der Waals surface area contributed by atoms with Gasteiger partial charge in [0.05, 0.1) is 18.4 Å². The number of ether oxygens (including phenoxy) is 2. The molecule has 0 aliphatic heterocycles. The third kappa shape index (κ3) is 6.45. The maximum absolute atomic E-state index is 13.7. The third-order valence-corrected chi connectivity index (χ3v) is 6.74. The molecule has 0 saturated carbocycles. The molecule has 0 atom stereocenters. The quantitative estimate of drug-likeness (QED) is 0.293. The standard InChI is InChI=1S/C26H35N3O3S/c1-5-8-9-18-32-21-13-10-12-20(19-21)25(30)29(17-16-28(6-2)7-3)26-27-24-22(31-4)14-11-15-23(24)33-26/h10-15,19H,5-9,16-18H2,1-4H3. The molecule has 0 bridgehead atoms. The second-order valence-electron chi connectivity index (χ2n) is 7.87. The van der Waals surface area contributed by atoms with E-state index in [1.54, 1.807) is 12.0 Å². The van der Waals surface area contributed by atoms with E-state index >= 15 is 0 Å². The van der Waals surface area contributed by atoms with Crippen molar-refractivity contribution in [2.24, 2.45) is 0 Å². The highest BCUT2D eigenvalue weighted by Gasteiger charge is 2.23. The second kappa shape index (κ2) is 12.6. The summed E-state index contributed by atoms with van der Waals surface area (Å²) < 4.78 is 12.4. The minimum atomic E-state index is -0.0702. The number of hydrogen-bond acceptors (Lipinski definition) is 6. The largest absolute Gasteiger partial charge is 0.494 e. The van der Waals surface area contributed by atoms with E-state index in [-0.39, 0.29) is 5.91 Å². The summed E-state index contributed by atoms with van der Waals surface area (Å²) in [6.07, 6.45) is 3.30. The lowest BCUT2D eigenvalue weighted by Gasteiger charge is -2.25. The highest BCUT2D eigenvalue weighted by atomic mass is 32.1. The van der Waals surface area contributed by atoms with Crippen LogP contribution in [0.5, 0.6) is 11.5 Å². The smallest absolute Gasteiger partial charge is 0.260 e. The van der Waals surface area contributed by atoms with Gasteiger partial charge in [0.2, 0.25) is 0 Å². The topological polar surface area (TPSA) is 54.9 Å². The summed E-state index contributed by atoms with van der Waals surface area (Å²) in [7, 11) is 1.64. The third-order valence-electron chi connectivity index (χ3n) is 5.70. The Bertz CT molecular complexity index is 1030. The molecule has 0 aliphatic carbocycles. The van der Waals surface area contributed by atoms with Crippen LogP contribution in [-0.4, -0.2) is 55.7 Å². The highest BCUT2D eigenvalue weighted by Crippen LogP contribution is 2.34. The van der Waals surface area contributed by atoms with Crippen LogP contribution in [0.25, 0.3) is 10.2 Å². The number of amides is 1. The van der Waals surface area contributed by atoms with Gasteiger partial charge in [-0.05, 0) is 49.8 Å². The number of methoxy groups -OCH3 is 1. The van der Waals surface area contributed by atoms with Crippen molar-refractivity contribution in [3.8, 4) is 11.5 Å². The van der Waals surface area contributed by atoms with E-state index in [0.717, 1.165) is 54.9 Å². The van der Waals surface area contributed by atoms with Crippen molar-refractivity contribution in [2.75, 3.05) is 44.8 Å². The maximum Gasteiger partial charge on any atom is 0.260 e. The molecule has 7 heteroatoms. The molecule has 0 fully saturated rings. The van der Waals surface area contributed by atoms with Gasteiger partial charge in [-0.2, -0.15) is 0 Å². The van der Waals surface area contributed by atoms with Gasteiger partial charge in [0.15, 0.2) is 5.13 Å². The van der Waals surface area contributed by atoms with Crippen molar-refractivity contribution in [3.05, 3.63) is 48.0 Å². The Morgan fingerprint density at radius 3 is 2.55 bits per heavy atom. The Labute approximate surface area is 201 Å². The van der Waals surface area contributed by atoms with E-state index in [0.29, 0.717) is 29.6 Å². The number of benzene rings is 2. The Balaban J connectivity index is 1.89. The van der Waals surface area contributed by atoms with Gasteiger partial charge in [0.25, 0.3) is 5.91 Å². The average Bonchev–Trinajstić information content (AvgIpc) is 3.28. The Morgan fingerprint density at radius 2 is 1.82 bits per heavy atom. The van der Waals surface area contributed by atoms with E-state index in [4.69, 9.17) is 14.5 Å². The number of nitrogens with zero attached hydrogens (tertiary/aromatic N) is 3. The predicted molar refractivity (Wildman–Crippen MR) is 137 cm³/mol. The molecule has 0 radical (unpaired) electrons. The van der Waals surface area contributed by atoms with Crippen LogP contribution >= 0.6 is 11.3 Å². The first kappa shape index (κ1) is 25.0. The van der Waals surface area contributed by atoms with Crippen LogP contribution in [0.4, 0.5) is 5.13 Å². The fourth-order valence-corrected chi connectivity index (χ4v) is 4.68. The zero-order valence-electron chi connectivity index (χ0n) is 20.2. The van der Waals surface area contributed by atoms with Crippen molar-refractivity contribution in [1.82, 2.24) is 9.88 Å². The Morgan fingerprint density at radius 1 is 1.03 bits per heavy atom. The molecular formula is C26H35N3O3S. The number of anilines is 1. The van der Waals surface area contributed by atoms with Crippen LogP contribution in [0.2, 0.25) is 0 Å². The summed E-state index contributed by atoms with van der Waals surface area (Å²) >= 11 is 1.51. The normalized spacial score (nSPS) is 11.2. The lowest BCUT2D eigenvalue weighted by Crippen LogP contribution is -2.38. The van der Waals surface area contributed by atoms with Gasteiger partial charge in [0.1, 0.15) is 17.0 Å². The van der Waals surface area contributed by atoms with Crippen molar-refractivity contribution >= 4 is 32.6 Å². The van der Waals surface area contributed by atoms with Gasteiger partial charge in [-0.3, -0.25) is 9.69 Å². The molecule has 0 N–H and O–H groups in total. The number of likely N-dealkylation sites (N-methyl/N-ethyl adjacent to an activating group) is 1. The van der Waals surface area contributed by atoms with Gasteiger partial charge in [-0.1, -0.05) is 57.1 Å². The molecule has 1 aromatic heterocycles. The summed E-state index contributed by atoms with van der Waals surface area (Å²) in [4.78, 5) is 22.6. The van der Waals surface area contributed by atoms with Crippen LogP contribution in [0.15, 0.2) is 42.5 Å². The van der Waals surface area contributed by atoms with Crippen molar-refractivity contribution in [3.63, 3.8) is 0 Å². The van der Waals surface area contributed by atoms with Crippen LogP contribution in [-0.2, 0) is 0 Å². The molecule has 0 unspecified atom stereocenters.